The van der Waals surface area contributed by atoms with Crippen molar-refractivity contribution < 1.29 is 43.8 Å². The average molecular weight is 748 g/mol. The van der Waals surface area contributed by atoms with Crippen LogP contribution >= 0.6 is 0 Å². The first kappa shape index (κ1) is 44.4. The molecule has 14 N–H and O–H groups in total. The number of carboxylic acid groups (broad SMARTS) is 1. The Morgan fingerprint density at radius 3 is 1.94 bits per heavy atom. The number of unbranched alkanes of at least 4 members (excludes halogenated alkanes) is 2. The molecule has 2 rings (SSSR count). The highest BCUT2D eigenvalue weighted by Gasteiger charge is 2.33. The van der Waals surface area contributed by atoms with Crippen LogP contribution < -0.4 is 49.1 Å². The Bertz CT molecular complexity index is 1390. The maximum absolute atomic E-state index is 13.9. The summed E-state index contributed by atoms with van der Waals surface area (Å²) in [6, 6.07) is -1.64. The lowest BCUT2D eigenvalue weighted by Crippen LogP contribution is -2.61. The van der Waals surface area contributed by atoms with Crippen molar-refractivity contribution in [3.63, 3.8) is 0 Å². The van der Waals surface area contributed by atoms with Crippen molar-refractivity contribution in [2.45, 2.75) is 114 Å². The van der Waals surface area contributed by atoms with Crippen LogP contribution in [-0.2, 0) is 40.0 Å². The summed E-state index contributed by atoms with van der Waals surface area (Å²) in [6.07, 6.45) is 2.01. The molecule has 1 aliphatic heterocycles. The molecule has 53 heavy (non-hydrogen) atoms. The van der Waals surface area contributed by atoms with Crippen LogP contribution in [-0.4, -0.2) is 108 Å². The number of hydrogen-bond acceptors (Lipinski definition) is 11. The minimum Gasteiger partial charge on any atom is -0.508 e. The molecule has 1 aliphatic rings. The number of phenolic OH excluding ortho intramolecular Hbond substituents is 1. The molecule has 0 bridgehead atoms. The van der Waals surface area contributed by atoms with Crippen molar-refractivity contribution >= 4 is 41.4 Å². The number of hydrogen-bond donors (Lipinski definition) is 11. The highest BCUT2D eigenvalue weighted by Crippen LogP contribution is 2.13. The summed E-state index contributed by atoms with van der Waals surface area (Å²) in [7, 11) is 0. The predicted octanol–water partition coefficient (Wildman–Crippen LogP) is -2.02. The number of aliphatic carboxylic acids is 1. The molecule has 1 heterocycles. The summed E-state index contributed by atoms with van der Waals surface area (Å²) in [6.45, 7) is 3.82. The van der Waals surface area contributed by atoms with Crippen molar-refractivity contribution in [3.05, 3.63) is 29.8 Å². The van der Waals surface area contributed by atoms with Gasteiger partial charge in [0.15, 0.2) is 0 Å². The first-order chi connectivity index (χ1) is 25.1. The number of rotatable bonds is 17. The summed E-state index contributed by atoms with van der Waals surface area (Å²) in [5.74, 6) is -5.75. The Morgan fingerprint density at radius 1 is 0.830 bits per heavy atom. The smallest absolute Gasteiger partial charge is 0.326 e. The van der Waals surface area contributed by atoms with Crippen LogP contribution in [0.25, 0.3) is 0 Å². The molecule has 1 aromatic carbocycles. The van der Waals surface area contributed by atoms with Gasteiger partial charge in [0, 0.05) is 19.4 Å². The number of phenols is 1. The van der Waals surface area contributed by atoms with Gasteiger partial charge in [-0.3, -0.25) is 28.8 Å². The van der Waals surface area contributed by atoms with E-state index in [2.05, 4.69) is 31.9 Å². The third kappa shape index (κ3) is 16.2. The molecule has 6 atom stereocenters. The maximum atomic E-state index is 13.9. The van der Waals surface area contributed by atoms with E-state index in [0.29, 0.717) is 44.3 Å². The molecular weight excluding hydrogens is 690 g/mol. The molecule has 6 amide bonds. The second-order valence-electron chi connectivity index (χ2n) is 13.7. The Kier molecular flexibility index (Phi) is 19.2. The van der Waals surface area contributed by atoms with Crippen LogP contribution in [0.15, 0.2) is 24.3 Å². The van der Waals surface area contributed by atoms with E-state index in [9.17, 15) is 43.8 Å². The van der Waals surface area contributed by atoms with Crippen LogP contribution in [0.1, 0.15) is 77.2 Å². The van der Waals surface area contributed by atoms with E-state index in [1.54, 1.807) is 13.8 Å². The number of carbonyl (C=O) groups is 7. The maximum Gasteiger partial charge on any atom is 0.326 e. The van der Waals surface area contributed by atoms with Crippen molar-refractivity contribution in [3.8, 4) is 5.75 Å². The summed E-state index contributed by atoms with van der Waals surface area (Å²) in [5.41, 5.74) is 17.8. The van der Waals surface area contributed by atoms with Gasteiger partial charge in [-0.1, -0.05) is 26.0 Å². The van der Waals surface area contributed by atoms with E-state index < -0.39 is 84.2 Å². The average Bonchev–Trinajstić information content (AvgIpc) is 3.11. The second kappa shape index (κ2) is 23.0. The number of aromatic hydroxyl groups is 1. The predicted molar refractivity (Wildman–Crippen MR) is 195 cm³/mol. The van der Waals surface area contributed by atoms with Crippen LogP contribution in [0.5, 0.6) is 5.75 Å². The summed E-state index contributed by atoms with van der Waals surface area (Å²) in [5, 5.41) is 35.0. The fraction of sp³-hybridized carbons (Fsp3) is 0.629. The van der Waals surface area contributed by atoms with E-state index in [1.807, 2.05) is 0 Å². The lowest BCUT2D eigenvalue weighted by atomic mass is 10.0. The van der Waals surface area contributed by atoms with Gasteiger partial charge >= 0.3 is 5.97 Å². The monoisotopic (exact) mass is 747 g/mol. The van der Waals surface area contributed by atoms with E-state index in [4.69, 9.17) is 17.2 Å². The molecule has 1 saturated heterocycles. The number of carbonyl (C=O) groups excluding carboxylic acids is 6. The van der Waals surface area contributed by atoms with E-state index in [1.165, 1.54) is 24.3 Å². The summed E-state index contributed by atoms with van der Waals surface area (Å²) in [4.78, 5) is 92.5. The van der Waals surface area contributed by atoms with Crippen LogP contribution in [0.3, 0.4) is 0 Å². The Hall–Kier alpha value is -4.81. The highest BCUT2D eigenvalue weighted by atomic mass is 16.4. The normalized spacial score (nSPS) is 21.5. The summed E-state index contributed by atoms with van der Waals surface area (Å²) >= 11 is 0. The first-order valence-corrected chi connectivity index (χ1v) is 18.1. The van der Waals surface area contributed by atoms with E-state index in [-0.39, 0.29) is 50.2 Å². The number of carboxylic acids is 1. The standard InChI is InChI=1S/C35H57N9O9/c1-20(2)17-27(35(52)53)43-33(50)26(18-21-9-11-22(45)12-10-21)42-34(51)28-19-39-29(46)14-13-23(38)30(47)40-24(7-3-5-15-36)31(48)41-25(32(49)44-28)8-4-6-16-37/h9-12,20,23-28,45H,3-8,13-19,36-38H2,1-2H3,(H,39,46)(H,40,47)(H,41,48)(H,42,51)(H,43,50)(H,44,49)(H,52,53)/t23-,24-,25-,26-,27-,28-/m0/s1. The van der Waals surface area contributed by atoms with Gasteiger partial charge in [-0.2, -0.15) is 0 Å². The molecule has 296 valence electrons. The molecular formula is C35H57N9O9. The Labute approximate surface area is 309 Å². The van der Waals surface area contributed by atoms with E-state index in [0.717, 1.165) is 0 Å². The fourth-order valence-electron chi connectivity index (χ4n) is 5.59. The van der Waals surface area contributed by atoms with Crippen LogP contribution in [0, 0.1) is 5.92 Å². The van der Waals surface area contributed by atoms with Crippen LogP contribution in [0.2, 0.25) is 0 Å². The quantitative estimate of drug-likeness (QED) is 0.0770. The van der Waals surface area contributed by atoms with Gasteiger partial charge in [-0.15, -0.1) is 0 Å². The van der Waals surface area contributed by atoms with Crippen LogP contribution in [0.4, 0.5) is 0 Å². The molecule has 18 heteroatoms. The van der Waals surface area contributed by atoms with Gasteiger partial charge in [0.25, 0.3) is 0 Å². The largest absolute Gasteiger partial charge is 0.508 e. The van der Waals surface area contributed by atoms with Gasteiger partial charge in [-0.25, -0.2) is 4.79 Å². The summed E-state index contributed by atoms with van der Waals surface area (Å²) < 4.78 is 0. The van der Waals surface area contributed by atoms with Crippen molar-refractivity contribution in [2.24, 2.45) is 23.1 Å². The van der Waals surface area contributed by atoms with Gasteiger partial charge in [0.05, 0.1) is 6.04 Å². The molecule has 0 saturated carbocycles. The minimum absolute atomic E-state index is 0.0355. The third-order valence-corrected chi connectivity index (χ3v) is 8.65. The minimum atomic E-state index is -1.47. The third-order valence-electron chi connectivity index (χ3n) is 8.65. The fourth-order valence-corrected chi connectivity index (χ4v) is 5.59. The zero-order valence-electron chi connectivity index (χ0n) is 30.5. The molecule has 0 aromatic heterocycles. The zero-order valence-corrected chi connectivity index (χ0v) is 30.5. The Balaban J connectivity index is 2.46. The molecule has 0 radical (unpaired) electrons. The zero-order chi connectivity index (χ0) is 39.5. The van der Waals surface area contributed by atoms with Gasteiger partial charge in [0.1, 0.15) is 36.0 Å². The topological polar surface area (TPSA) is 310 Å². The van der Waals surface area contributed by atoms with Crippen molar-refractivity contribution in [2.75, 3.05) is 19.6 Å². The molecule has 0 aliphatic carbocycles. The van der Waals surface area contributed by atoms with Crippen molar-refractivity contribution in [1.29, 1.82) is 0 Å². The molecule has 0 unspecified atom stereocenters. The number of amides is 6. The number of benzene rings is 1. The lowest BCUT2D eigenvalue weighted by molar-refractivity contribution is -0.142. The lowest BCUT2D eigenvalue weighted by Gasteiger charge is -2.27. The molecule has 0 spiro atoms. The molecule has 18 nitrogen and oxygen atoms in total. The second-order valence-corrected chi connectivity index (χ2v) is 13.7. The Morgan fingerprint density at radius 2 is 1.40 bits per heavy atom. The van der Waals surface area contributed by atoms with Gasteiger partial charge in [-0.05, 0) is 88.1 Å². The number of nitrogens with two attached hydrogens (primary N) is 3. The van der Waals surface area contributed by atoms with Crippen molar-refractivity contribution in [1.82, 2.24) is 31.9 Å². The number of nitrogens with one attached hydrogen (secondary N) is 6. The molecule has 1 aromatic rings. The van der Waals surface area contributed by atoms with Gasteiger partial charge < -0.3 is 59.3 Å². The highest BCUT2D eigenvalue weighted by molar-refractivity contribution is 5.97. The first-order valence-electron chi connectivity index (χ1n) is 18.1. The van der Waals surface area contributed by atoms with Gasteiger partial charge in [0.2, 0.25) is 35.4 Å². The SMILES string of the molecule is CC(C)C[C@H](NC(=O)[C@H](Cc1ccc(O)cc1)NC(=O)[C@@H]1CNC(=O)CC[C@H](N)C(=O)N[C@@H](CCCCN)C(=O)N[C@@H](CCCCN)C(=O)N1)C(=O)O. The molecule has 1 fully saturated rings. The van der Waals surface area contributed by atoms with E-state index >= 15 is 0 Å².